The van der Waals surface area contributed by atoms with Crippen LogP contribution >= 0.6 is 0 Å². The number of hydrogen-bond donors (Lipinski definition) is 1. The third-order valence-corrected chi connectivity index (χ3v) is 2.87. The highest BCUT2D eigenvalue weighted by Crippen LogP contribution is 2.13. The number of nitrogens with one attached hydrogen (secondary N) is 1. The van der Waals surface area contributed by atoms with Crippen molar-refractivity contribution in [3.8, 4) is 0 Å². The number of carbonyl (C=O) groups is 1. The van der Waals surface area contributed by atoms with E-state index in [1.807, 2.05) is 38.1 Å². The SMILES string of the molecule is Cc1ccc(C(C)NC(=O)c2ccncc2)cc1. The van der Waals surface area contributed by atoms with Gasteiger partial charge in [0.15, 0.2) is 0 Å². The molecule has 1 N–H and O–H groups in total. The largest absolute Gasteiger partial charge is 0.346 e. The smallest absolute Gasteiger partial charge is 0.251 e. The second kappa shape index (κ2) is 5.45. The molecule has 0 aliphatic heterocycles. The van der Waals surface area contributed by atoms with Crippen LogP contribution < -0.4 is 5.32 Å². The highest BCUT2D eigenvalue weighted by Gasteiger charge is 2.10. The van der Waals surface area contributed by atoms with Crippen LogP contribution in [-0.4, -0.2) is 10.9 Å². The van der Waals surface area contributed by atoms with Crippen molar-refractivity contribution in [2.24, 2.45) is 0 Å². The lowest BCUT2D eigenvalue weighted by Gasteiger charge is -2.14. The summed E-state index contributed by atoms with van der Waals surface area (Å²) in [4.78, 5) is 15.9. The Morgan fingerprint density at radius 1 is 1.11 bits per heavy atom. The first-order valence-electron chi connectivity index (χ1n) is 5.94. The zero-order valence-electron chi connectivity index (χ0n) is 10.6. The van der Waals surface area contributed by atoms with E-state index in [0.717, 1.165) is 5.56 Å². The summed E-state index contributed by atoms with van der Waals surface area (Å²) >= 11 is 0. The molecular formula is C15H16N2O. The maximum absolute atomic E-state index is 12.0. The highest BCUT2D eigenvalue weighted by atomic mass is 16.1. The van der Waals surface area contributed by atoms with Crippen molar-refractivity contribution < 1.29 is 4.79 Å². The van der Waals surface area contributed by atoms with Crippen LogP contribution in [-0.2, 0) is 0 Å². The van der Waals surface area contributed by atoms with E-state index >= 15 is 0 Å². The number of rotatable bonds is 3. The lowest BCUT2D eigenvalue weighted by molar-refractivity contribution is 0.0940. The summed E-state index contributed by atoms with van der Waals surface area (Å²) < 4.78 is 0. The van der Waals surface area contributed by atoms with Crippen molar-refractivity contribution in [3.05, 3.63) is 65.5 Å². The lowest BCUT2D eigenvalue weighted by atomic mass is 10.1. The van der Waals surface area contributed by atoms with Gasteiger partial charge in [0.2, 0.25) is 0 Å². The average molecular weight is 240 g/mol. The van der Waals surface area contributed by atoms with Crippen LogP contribution in [0.4, 0.5) is 0 Å². The van der Waals surface area contributed by atoms with Gasteiger partial charge in [0.1, 0.15) is 0 Å². The van der Waals surface area contributed by atoms with Crippen molar-refractivity contribution >= 4 is 5.91 Å². The van der Waals surface area contributed by atoms with Gasteiger partial charge in [0.05, 0.1) is 6.04 Å². The number of aromatic nitrogens is 1. The van der Waals surface area contributed by atoms with Crippen molar-refractivity contribution in [2.75, 3.05) is 0 Å². The first-order chi connectivity index (χ1) is 8.66. The number of amides is 1. The summed E-state index contributed by atoms with van der Waals surface area (Å²) in [5, 5.41) is 2.97. The molecule has 0 spiro atoms. The normalized spacial score (nSPS) is 11.9. The summed E-state index contributed by atoms with van der Waals surface area (Å²) in [5.74, 6) is -0.0783. The second-order valence-corrected chi connectivity index (χ2v) is 4.34. The van der Waals surface area contributed by atoms with Crippen LogP contribution in [0, 0.1) is 6.92 Å². The van der Waals surface area contributed by atoms with Crippen LogP contribution in [0.15, 0.2) is 48.8 Å². The monoisotopic (exact) mass is 240 g/mol. The number of pyridine rings is 1. The van der Waals surface area contributed by atoms with Gasteiger partial charge in [0, 0.05) is 18.0 Å². The Hall–Kier alpha value is -2.16. The van der Waals surface area contributed by atoms with E-state index in [4.69, 9.17) is 0 Å². The number of hydrogen-bond acceptors (Lipinski definition) is 2. The Morgan fingerprint density at radius 3 is 2.33 bits per heavy atom. The van der Waals surface area contributed by atoms with Crippen LogP contribution in [0.25, 0.3) is 0 Å². The molecule has 0 radical (unpaired) electrons. The molecule has 2 rings (SSSR count). The van der Waals surface area contributed by atoms with E-state index in [9.17, 15) is 4.79 Å². The first-order valence-corrected chi connectivity index (χ1v) is 5.94. The molecule has 1 atom stereocenters. The van der Waals surface area contributed by atoms with E-state index in [-0.39, 0.29) is 11.9 Å². The minimum absolute atomic E-state index is 0.00809. The van der Waals surface area contributed by atoms with Gasteiger partial charge in [0.25, 0.3) is 5.91 Å². The Labute approximate surface area is 107 Å². The molecule has 1 aromatic carbocycles. The molecule has 0 bridgehead atoms. The number of carbonyl (C=O) groups excluding carboxylic acids is 1. The van der Waals surface area contributed by atoms with Crippen LogP contribution in [0.3, 0.4) is 0 Å². The molecule has 0 aliphatic carbocycles. The van der Waals surface area contributed by atoms with Gasteiger partial charge in [-0.3, -0.25) is 9.78 Å². The second-order valence-electron chi connectivity index (χ2n) is 4.34. The van der Waals surface area contributed by atoms with Crippen LogP contribution in [0.1, 0.15) is 34.5 Å². The lowest BCUT2D eigenvalue weighted by Crippen LogP contribution is -2.26. The molecule has 1 aromatic heterocycles. The minimum Gasteiger partial charge on any atom is -0.346 e. The fourth-order valence-corrected chi connectivity index (χ4v) is 1.72. The summed E-state index contributed by atoms with van der Waals surface area (Å²) in [6.45, 7) is 4.02. The third kappa shape index (κ3) is 2.94. The van der Waals surface area contributed by atoms with Gasteiger partial charge in [-0.25, -0.2) is 0 Å². The van der Waals surface area contributed by atoms with Gasteiger partial charge in [-0.15, -0.1) is 0 Å². The molecule has 92 valence electrons. The van der Waals surface area contributed by atoms with E-state index in [0.29, 0.717) is 5.56 Å². The van der Waals surface area contributed by atoms with E-state index in [1.165, 1.54) is 5.56 Å². The maximum Gasteiger partial charge on any atom is 0.251 e. The molecular weight excluding hydrogens is 224 g/mol. The Kier molecular flexibility index (Phi) is 3.72. The molecule has 1 amide bonds. The van der Waals surface area contributed by atoms with Crippen molar-refractivity contribution in [3.63, 3.8) is 0 Å². The van der Waals surface area contributed by atoms with Gasteiger partial charge in [-0.2, -0.15) is 0 Å². The molecule has 0 saturated carbocycles. The molecule has 0 aliphatic rings. The highest BCUT2D eigenvalue weighted by molar-refractivity contribution is 5.94. The number of aryl methyl sites for hydroxylation is 1. The van der Waals surface area contributed by atoms with Gasteiger partial charge in [-0.1, -0.05) is 29.8 Å². The van der Waals surface area contributed by atoms with E-state index < -0.39 is 0 Å². The summed E-state index contributed by atoms with van der Waals surface area (Å²) in [5.41, 5.74) is 2.94. The molecule has 3 nitrogen and oxygen atoms in total. The predicted molar refractivity (Wildman–Crippen MR) is 71.3 cm³/mol. The zero-order valence-corrected chi connectivity index (χ0v) is 10.6. The maximum atomic E-state index is 12.0. The van der Waals surface area contributed by atoms with Crippen molar-refractivity contribution in [2.45, 2.75) is 19.9 Å². The first kappa shape index (κ1) is 12.3. The predicted octanol–water partition coefficient (Wildman–Crippen LogP) is 2.88. The van der Waals surface area contributed by atoms with Crippen molar-refractivity contribution in [1.29, 1.82) is 0 Å². The summed E-state index contributed by atoms with van der Waals surface area (Å²) in [7, 11) is 0. The van der Waals surface area contributed by atoms with Gasteiger partial charge < -0.3 is 5.32 Å². The standard InChI is InChI=1S/C15H16N2O/c1-11-3-5-13(6-4-11)12(2)17-15(18)14-7-9-16-10-8-14/h3-10,12H,1-2H3,(H,17,18). The average Bonchev–Trinajstić information content (AvgIpc) is 2.40. The quantitative estimate of drug-likeness (QED) is 0.896. The molecule has 0 fully saturated rings. The van der Waals surface area contributed by atoms with Gasteiger partial charge >= 0.3 is 0 Å². The van der Waals surface area contributed by atoms with Crippen molar-refractivity contribution in [1.82, 2.24) is 10.3 Å². The number of nitrogens with zero attached hydrogens (tertiary/aromatic N) is 1. The van der Waals surface area contributed by atoms with E-state index in [2.05, 4.69) is 10.3 Å². The Morgan fingerprint density at radius 2 is 1.72 bits per heavy atom. The Balaban J connectivity index is 2.06. The van der Waals surface area contributed by atoms with E-state index in [1.54, 1.807) is 24.5 Å². The summed E-state index contributed by atoms with van der Waals surface area (Å²) in [6, 6.07) is 11.6. The van der Waals surface area contributed by atoms with Crippen LogP contribution in [0.5, 0.6) is 0 Å². The molecule has 1 unspecified atom stereocenters. The van der Waals surface area contributed by atoms with Gasteiger partial charge in [-0.05, 0) is 31.5 Å². The summed E-state index contributed by atoms with van der Waals surface area (Å²) in [6.07, 6.45) is 3.23. The molecule has 1 heterocycles. The molecule has 3 heteroatoms. The minimum atomic E-state index is -0.0783. The Bertz CT molecular complexity index is 520. The fourth-order valence-electron chi connectivity index (χ4n) is 1.72. The molecule has 18 heavy (non-hydrogen) atoms. The molecule has 2 aromatic rings. The molecule has 0 saturated heterocycles. The number of benzene rings is 1. The zero-order chi connectivity index (χ0) is 13.0. The van der Waals surface area contributed by atoms with Crippen LogP contribution in [0.2, 0.25) is 0 Å². The fraction of sp³-hybridized carbons (Fsp3) is 0.200. The third-order valence-electron chi connectivity index (χ3n) is 2.87. The topological polar surface area (TPSA) is 42.0 Å².